The number of methoxy groups -OCH3 is 2. The summed E-state index contributed by atoms with van der Waals surface area (Å²) >= 11 is 0. The minimum atomic E-state index is -4.14. The van der Waals surface area contributed by atoms with E-state index < -0.39 is 25.5 Å². The Labute approximate surface area is 97.1 Å². The van der Waals surface area contributed by atoms with Crippen LogP contribution in [0, 0.1) is 10.1 Å². The first-order chi connectivity index (χ1) is 7.81. The SMILES string of the molecule is COc1cc([N+](=O)[O-])cc(S(N)(=O)=O)c1OC. The second-order valence-corrected chi connectivity index (χ2v) is 4.51. The highest BCUT2D eigenvalue weighted by molar-refractivity contribution is 7.89. The van der Waals surface area contributed by atoms with E-state index in [1.54, 1.807) is 0 Å². The van der Waals surface area contributed by atoms with Gasteiger partial charge in [0, 0.05) is 6.07 Å². The highest BCUT2D eigenvalue weighted by Crippen LogP contribution is 2.37. The van der Waals surface area contributed by atoms with Gasteiger partial charge in [-0.15, -0.1) is 0 Å². The van der Waals surface area contributed by atoms with Crippen molar-refractivity contribution in [2.24, 2.45) is 5.14 Å². The van der Waals surface area contributed by atoms with Crippen molar-refractivity contribution in [3.8, 4) is 11.5 Å². The third-order valence-electron chi connectivity index (χ3n) is 1.95. The fourth-order valence-electron chi connectivity index (χ4n) is 1.23. The molecule has 0 fully saturated rings. The average molecular weight is 262 g/mol. The summed E-state index contributed by atoms with van der Waals surface area (Å²) in [6, 6.07) is 1.87. The van der Waals surface area contributed by atoms with E-state index in [2.05, 4.69) is 0 Å². The van der Waals surface area contributed by atoms with Gasteiger partial charge in [0.2, 0.25) is 10.0 Å². The summed E-state index contributed by atoms with van der Waals surface area (Å²) in [5.74, 6) is -0.244. The monoisotopic (exact) mass is 262 g/mol. The Morgan fingerprint density at radius 3 is 2.24 bits per heavy atom. The maximum Gasteiger partial charge on any atom is 0.274 e. The van der Waals surface area contributed by atoms with E-state index >= 15 is 0 Å². The third-order valence-corrected chi connectivity index (χ3v) is 2.86. The van der Waals surface area contributed by atoms with Crippen molar-refractivity contribution in [1.29, 1.82) is 0 Å². The van der Waals surface area contributed by atoms with Crippen LogP contribution in [0.4, 0.5) is 5.69 Å². The van der Waals surface area contributed by atoms with Crippen LogP contribution in [0.1, 0.15) is 0 Å². The van der Waals surface area contributed by atoms with Gasteiger partial charge >= 0.3 is 0 Å². The lowest BCUT2D eigenvalue weighted by Gasteiger charge is -2.10. The highest BCUT2D eigenvalue weighted by atomic mass is 32.2. The van der Waals surface area contributed by atoms with Gasteiger partial charge in [0.25, 0.3) is 5.69 Å². The molecule has 9 heteroatoms. The Hall–Kier alpha value is -1.87. The number of primary sulfonamides is 1. The van der Waals surface area contributed by atoms with Crippen LogP contribution in [-0.2, 0) is 10.0 Å². The van der Waals surface area contributed by atoms with Gasteiger partial charge in [-0.05, 0) is 0 Å². The van der Waals surface area contributed by atoms with Crippen LogP contribution in [0.2, 0.25) is 0 Å². The van der Waals surface area contributed by atoms with Gasteiger partial charge in [0.05, 0.1) is 25.2 Å². The summed E-state index contributed by atoms with van der Waals surface area (Å²) in [5, 5.41) is 15.6. The maximum atomic E-state index is 11.3. The third kappa shape index (κ3) is 2.63. The fourth-order valence-corrected chi connectivity index (χ4v) is 1.96. The van der Waals surface area contributed by atoms with E-state index in [4.69, 9.17) is 14.6 Å². The molecule has 0 spiro atoms. The van der Waals surface area contributed by atoms with Gasteiger partial charge in [-0.25, -0.2) is 13.6 Å². The van der Waals surface area contributed by atoms with Crippen LogP contribution in [0.25, 0.3) is 0 Å². The highest BCUT2D eigenvalue weighted by Gasteiger charge is 2.24. The van der Waals surface area contributed by atoms with Crippen molar-refractivity contribution >= 4 is 15.7 Å². The number of rotatable bonds is 4. The lowest BCUT2D eigenvalue weighted by molar-refractivity contribution is -0.385. The lowest BCUT2D eigenvalue weighted by atomic mass is 10.3. The molecule has 0 bridgehead atoms. The molecule has 1 aromatic carbocycles. The average Bonchev–Trinajstić information content (AvgIpc) is 2.25. The number of non-ortho nitro benzene ring substituents is 1. The van der Waals surface area contributed by atoms with Crippen LogP contribution < -0.4 is 14.6 Å². The zero-order valence-electron chi connectivity index (χ0n) is 9.04. The summed E-state index contributed by atoms with van der Waals surface area (Å²) in [5.41, 5.74) is -0.452. The van der Waals surface area contributed by atoms with E-state index in [1.165, 1.54) is 14.2 Å². The molecule has 94 valence electrons. The van der Waals surface area contributed by atoms with Crippen molar-refractivity contribution in [2.45, 2.75) is 4.90 Å². The van der Waals surface area contributed by atoms with Crippen LogP contribution in [0.15, 0.2) is 17.0 Å². The van der Waals surface area contributed by atoms with E-state index in [9.17, 15) is 18.5 Å². The minimum absolute atomic E-state index is 0.0780. The van der Waals surface area contributed by atoms with E-state index in [1.807, 2.05) is 0 Å². The van der Waals surface area contributed by atoms with E-state index in [-0.39, 0.29) is 11.5 Å². The second-order valence-electron chi connectivity index (χ2n) is 2.98. The summed E-state index contributed by atoms with van der Waals surface area (Å²) in [6.07, 6.45) is 0. The van der Waals surface area contributed by atoms with Gasteiger partial charge in [0.1, 0.15) is 4.90 Å². The molecule has 0 heterocycles. The number of sulfonamides is 1. The van der Waals surface area contributed by atoms with Gasteiger partial charge in [-0.1, -0.05) is 0 Å². The molecule has 0 unspecified atom stereocenters. The van der Waals surface area contributed by atoms with Crippen molar-refractivity contribution in [2.75, 3.05) is 14.2 Å². The minimum Gasteiger partial charge on any atom is -0.493 e. The molecular weight excluding hydrogens is 252 g/mol. The van der Waals surface area contributed by atoms with Crippen molar-refractivity contribution in [3.63, 3.8) is 0 Å². The number of nitro benzene ring substituents is 1. The zero-order valence-corrected chi connectivity index (χ0v) is 9.85. The van der Waals surface area contributed by atoms with Gasteiger partial charge in [-0.2, -0.15) is 0 Å². The number of hydrogen-bond donors (Lipinski definition) is 1. The first-order valence-electron chi connectivity index (χ1n) is 4.24. The summed E-state index contributed by atoms with van der Waals surface area (Å²) in [4.78, 5) is 9.37. The molecule has 0 amide bonds. The molecule has 2 N–H and O–H groups in total. The van der Waals surface area contributed by atoms with Crippen LogP contribution in [0.5, 0.6) is 11.5 Å². The summed E-state index contributed by atoms with van der Waals surface area (Å²) in [6.45, 7) is 0. The molecule has 0 aliphatic heterocycles. The molecule has 0 aromatic heterocycles. The molecule has 0 aliphatic carbocycles. The topological polar surface area (TPSA) is 122 Å². The predicted octanol–water partition coefficient (Wildman–Crippen LogP) is 0.259. The molecule has 1 rings (SSSR count). The fraction of sp³-hybridized carbons (Fsp3) is 0.250. The van der Waals surface area contributed by atoms with Crippen molar-refractivity contribution in [3.05, 3.63) is 22.2 Å². The van der Waals surface area contributed by atoms with Gasteiger partial charge in [-0.3, -0.25) is 10.1 Å². The molecule has 1 aromatic rings. The molecular formula is C8H10N2O6S. The number of nitrogens with two attached hydrogens (primary N) is 1. The van der Waals surface area contributed by atoms with Gasteiger partial charge < -0.3 is 9.47 Å². The molecule has 8 nitrogen and oxygen atoms in total. The van der Waals surface area contributed by atoms with Crippen LogP contribution in [-0.4, -0.2) is 27.6 Å². The Morgan fingerprint density at radius 2 is 1.88 bits per heavy atom. The largest absolute Gasteiger partial charge is 0.493 e. The van der Waals surface area contributed by atoms with Gasteiger partial charge in [0.15, 0.2) is 11.5 Å². The number of hydrogen-bond acceptors (Lipinski definition) is 6. The quantitative estimate of drug-likeness (QED) is 0.613. The Balaban J connectivity index is 3.66. The summed E-state index contributed by atoms with van der Waals surface area (Å²) in [7, 11) is -1.71. The van der Waals surface area contributed by atoms with E-state index in [0.29, 0.717) is 0 Å². The predicted molar refractivity (Wildman–Crippen MR) is 57.6 cm³/mol. The number of nitrogens with zero attached hydrogens (tertiary/aromatic N) is 1. The standard InChI is InChI=1S/C8H10N2O6S/c1-15-6-3-5(10(11)12)4-7(8(6)16-2)17(9,13)14/h3-4H,1-2H3,(H2,9,13,14). The zero-order chi connectivity index (χ0) is 13.2. The lowest BCUT2D eigenvalue weighted by Crippen LogP contribution is -2.14. The molecule has 0 saturated heterocycles. The molecule has 0 atom stereocenters. The molecule has 0 aliphatic rings. The summed E-state index contributed by atoms with van der Waals surface area (Å²) < 4.78 is 32.2. The number of ether oxygens (including phenoxy) is 2. The normalized spacial score (nSPS) is 11.0. The smallest absolute Gasteiger partial charge is 0.274 e. The van der Waals surface area contributed by atoms with Crippen LogP contribution >= 0.6 is 0 Å². The van der Waals surface area contributed by atoms with E-state index in [0.717, 1.165) is 12.1 Å². The second kappa shape index (κ2) is 4.55. The van der Waals surface area contributed by atoms with Crippen molar-refractivity contribution < 1.29 is 22.8 Å². The Kier molecular flexibility index (Phi) is 3.53. The Morgan fingerprint density at radius 1 is 1.29 bits per heavy atom. The maximum absolute atomic E-state index is 11.3. The number of nitro groups is 1. The first-order valence-corrected chi connectivity index (χ1v) is 5.79. The molecule has 0 saturated carbocycles. The molecule has 0 radical (unpaired) electrons. The number of benzene rings is 1. The van der Waals surface area contributed by atoms with Crippen LogP contribution in [0.3, 0.4) is 0 Å². The molecule has 17 heavy (non-hydrogen) atoms. The van der Waals surface area contributed by atoms with Crippen molar-refractivity contribution in [1.82, 2.24) is 0 Å². The Bertz CT molecular complexity index is 553. The first kappa shape index (κ1) is 13.2.